The number of fused-ring (bicyclic) bond motifs is 1. The van der Waals surface area contributed by atoms with Crippen molar-refractivity contribution in [3.63, 3.8) is 0 Å². The van der Waals surface area contributed by atoms with Crippen molar-refractivity contribution in [1.82, 2.24) is 14.5 Å². The molecule has 1 aromatic carbocycles. The van der Waals surface area contributed by atoms with E-state index >= 15 is 0 Å². The third kappa shape index (κ3) is 3.82. The van der Waals surface area contributed by atoms with Gasteiger partial charge in [-0.05, 0) is 55.0 Å². The molecule has 8 nitrogen and oxygen atoms in total. The fraction of sp³-hybridized carbons (Fsp3) is 0.304. The zero-order chi connectivity index (χ0) is 22.1. The number of carbonyl (C=O) groups is 2. The van der Waals surface area contributed by atoms with E-state index in [0.29, 0.717) is 29.9 Å². The third-order valence-electron chi connectivity index (χ3n) is 5.98. The number of pyridine rings is 1. The van der Waals surface area contributed by atoms with E-state index in [-0.39, 0.29) is 11.8 Å². The first-order chi connectivity index (χ1) is 14.9. The summed E-state index contributed by atoms with van der Waals surface area (Å²) in [6.45, 7) is 2.98. The van der Waals surface area contributed by atoms with Gasteiger partial charge in [0, 0.05) is 37.3 Å². The zero-order valence-corrected chi connectivity index (χ0v) is 17.4. The number of carbonyl (C=O) groups excluding carboxylic acids is 1. The van der Waals surface area contributed by atoms with Crippen LogP contribution in [0.3, 0.4) is 0 Å². The summed E-state index contributed by atoms with van der Waals surface area (Å²) >= 11 is 0. The predicted molar refractivity (Wildman–Crippen MR) is 116 cm³/mol. The van der Waals surface area contributed by atoms with Gasteiger partial charge in [-0.25, -0.2) is 9.78 Å². The van der Waals surface area contributed by atoms with E-state index in [1.165, 1.54) is 4.90 Å². The number of nitrogens with one attached hydrogen (secondary N) is 1. The van der Waals surface area contributed by atoms with Crippen LogP contribution in [0.2, 0.25) is 0 Å². The Labute approximate surface area is 179 Å². The number of piperidine rings is 1. The van der Waals surface area contributed by atoms with Gasteiger partial charge < -0.3 is 19.9 Å². The number of aryl methyl sites for hydroxylation is 2. The number of hydrogen-bond donors (Lipinski definition) is 2. The van der Waals surface area contributed by atoms with Crippen LogP contribution in [0.5, 0.6) is 0 Å². The topological polar surface area (TPSA) is 111 Å². The first-order valence-electron chi connectivity index (χ1n) is 10.1. The first kappa shape index (κ1) is 20.4. The molecule has 1 fully saturated rings. The normalized spacial score (nSPS) is 14.4. The van der Waals surface area contributed by atoms with E-state index in [9.17, 15) is 14.7 Å². The molecule has 4 rings (SSSR count). The summed E-state index contributed by atoms with van der Waals surface area (Å²) < 4.78 is 1.98. The van der Waals surface area contributed by atoms with Gasteiger partial charge in [0.25, 0.3) is 5.91 Å². The van der Waals surface area contributed by atoms with Gasteiger partial charge >= 0.3 is 6.09 Å². The Hall–Kier alpha value is -3.86. The molecule has 31 heavy (non-hydrogen) atoms. The van der Waals surface area contributed by atoms with Gasteiger partial charge in [0.2, 0.25) is 0 Å². The molecule has 2 amide bonds. The van der Waals surface area contributed by atoms with Crippen LogP contribution in [0, 0.1) is 18.3 Å². The second-order valence-corrected chi connectivity index (χ2v) is 7.88. The van der Waals surface area contributed by atoms with Gasteiger partial charge in [-0.15, -0.1) is 0 Å². The highest BCUT2D eigenvalue weighted by molar-refractivity contribution is 6.06. The lowest BCUT2D eigenvalue weighted by molar-refractivity contribution is 0.102. The fourth-order valence-corrected chi connectivity index (χ4v) is 4.28. The van der Waals surface area contributed by atoms with Crippen LogP contribution < -0.4 is 5.32 Å². The predicted octanol–water partition coefficient (Wildman–Crippen LogP) is 3.86. The average Bonchev–Trinajstić information content (AvgIpc) is 3.12. The number of aromatic nitrogens is 2. The SMILES string of the molecule is Cc1c(NC(=O)c2cccc(C#N)c2)cnc2c1c(C1CCN(C(=O)O)CC1)cn2C. The summed E-state index contributed by atoms with van der Waals surface area (Å²) in [5.41, 5.74) is 4.35. The lowest BCUT2D eigenvalue weighted by Gasteiger charge is -2.30. The van der Waals surface area contributed by atoms with Crippen LogP contribution in [-0.4, -0.2) is 44.6 Å². The standard InChI is InChI=1S/C23H23N5O3/c1-14-19(26-22(29)17-5-3-4-15(10-17)11-24)12-25-21-20(14)18(13-27(21)2)16-6-8-28(9-7-16)23(30)31/h3-5,10,12-13,16H,6-9H2,1-2H3,(H,26,29)(H,30,31). The lowest BCUT2D eigenvalue weighted by atomic mass is 9.88. The van der Waals surface area contributed by atoms with Crippen LogP contribution in [0.1, 0.15) is 45.8 Å². The Balaban J connectivity index is 1.65. The molecule has 0 saturated carbocycles. The van der Waals surface area contributed by atoms with Gasteiger partial charge in [-0.1, -0.05) is 6.07 Å². The highest BCUT2D eigenvalue weighted by atomic mass is 16.4. The molecule has 0 unspecified atom stereocenters. The molecule has 1 aliphatic rings. The minimum Gasteiger partial charge on any atom is -0.465 e. The molecule has 2 N–H and O–H groups in total. The van der Waals surface area contributed by atoms with Gasteiger partial charge in [-0.3, -0.25) is 4.79 Å². The smallest absolute Gasteiger partial charge is 0.407 e. The van der Waals surface area contributed by atoms with Gasteiger partial charge in [-0.2, -0.15) is 5.26 Å². The molecule has 1 saturated heterocycles. The van der Waals surface area contributed by atoms with E-state index in [4.69, 9.17) is 5.26 Å². The Morgan fingerprint density at radius 1 is 1.29 bits per heavy atom. The van der Waals surface area contributed by atoms with Crippen LogP contribution in [0.25, 0.3) is 11.0 Å². The van der Waals surface area contributed by atoms with E-state index in [1.54, 1.807) is 30.5 Å². The van der Waals surface area contributed by atoms with Crippen molar-refractivity contribution in [3.05, 3.63) is 58.9 Å². The zero-order valence-electron chi connectivity index (χ0n) is 17.4. The van der Waals surface area contributed by atoms with Crippen molar-refractivity contribution < 1.29 is 14.7 Å². The summed E-state index contributed by atoms with van der Waals surface area (Å²) in [6, 6.07) is 8.60. The van der Waals surface area contributed by atoms with Crippen molar-refractivity contribution in [2.24, 2.45) is 7.05 Å². The second kappa shape index (κ2) is 8.11. The molecule has 0 bridgehead atoms. The van der Waals surface area contributed by atoms with E-state index < -0.39 is 6.09 Å². The van der Waals surface area contributed by atoms with E-state index in [0.717, 1.165) is 35.0 Å². The molecule has 8 heteroatoms. The molecule has 2 aromatic heterocycles. The van der Waals surface area contributed by atoms with Crippen LogP contribution in [0.4, 0.5) is 10.5 Å². The van der Waals surface area contributed by atoms with Crippen molar-refractivity contribution in [2.45, 2.75) is 25.7 Å². The molecule has 158 valence electrons. The van der Waals surface area contributed by atoms with Crippen molar-refractivity contribution >= 4 is 28.7 Å². The second-order valence-electron chi connectivity index (χ2n) is 7.88. The first-order valence-corrected chi connectivity index (χ1v) is 10.1. The highest BCUT2D eigenvalue weighted by Gasteiger charge is 2.27. The Morgan fingerprint density at radius 3 is 2.71 bits per heavy atom. The Bertz CT molecular complexity index is 1220. The average molecular weight is 417 g/mol. The molecule has 0 radical (unpaired) electrons. The minimum absolute atomic E-state index is 0.234. The number of nitriles is 1. The number of anilines is 1. The van der Waals surface area contributed by atoms with Crippen LogP contribution in [0.15, 0.2) is 36.7 Å². The number of benzene rings is 1. The molecule has 3 heterocycles. The molecule has 3 aromatic rings. The number of hydrogen-bond acceptors (Lipinski definition) is 4. The van der Waals surface area contributed by atoms with Crippen molar-refractivity contribution in [1.29, 1.82) is 5.26 Å². The Morgan fingerprint density at radius 2 is 2.03 bits per heavy atom. The number of nitrogens with zero attached hydrogens (tertiary/aromatic N) is 4. The highest BCUT2D eigenvalue weighted by Crippen LogP contribution is 2.37. The summed E-state index contributed by atoms with van der Waals surface area (Å²) in [5.74, 6) is -0.0633. The Kier molecular flexibility index (Phi) is 5.34. The molecule has 0 spiro atoms. The summed E-state index contributed by atoms with van der Waals surface area (Å²) in [7, 11) is 1.94. The van der Waals surface area contributed by atoms with Crippen molar-refractivity contribution in [3.8, 4) is 6.07 Å². The minimum atomic E-state index is -0.875. The molecule has 1 aliphatic heterocycles. The molecule has 0 atom stereocenters. The lowest BCUT2D eigenvalue weighted by Crippen LogP contribution is -2.36. The summed E-state index contributed by atoms with van der Waals surface area (Å²) in [4.78, 5) is 30.0. The maximum atomic E-state index is 12.7. The molecule has 0 aliphatic carbocycles. The number of amides is 2. The van der Waals surface area contributed by atoms with Crippen LogP contribution >= 0.6 is 0 Å². The van der Waals surface area contributed by atoms with E-state index in [1.807, 2.05) is 24.6 Å². The number of carboxylic acid groups (broad SMARTS) is 1. The van der Waals surface area contributed by atoms with Crippen LogP contribution in [-0.2, 0) is 7.05 Å². The summed E-state index contributed by atoms with van der Waals surface area (Å²) in [5, 5.41) is 22.2. The van der Waals surface area contributed by atoms with E-state index in [2.05, 4.69) is 16.5 Å². The molecular weight excluding hydrogens is 394 g/mol. The van der Waals surface area contributed by atoms with Gasteiger partial charge in [0.1, 0.15) is 5.65 Å². The molecular formula is C23H23N5O3. The fourth-order valence-electron chi connectivity index (χ4n) is 4.28. The monoisotopic (exact) mass is 417 g/mol. The number of rotatable bonds is 3. The van der Waals surface area contributed by atoms with Gasteiger partial charge in [0.15, 0.2) is 0 Å². The number of likely N-dealkylation sites (tertiary alicyclic amines) is 1. The third-order valence-corrected chi connectivity index (χ3v) is 5.98. The van der Waals surface area contributed by atoms with Crippen molar-refractivity contribution in [2.75, 3.05) is 18.4 Å². The summed E-state index contributed by atoms with van der Waals surface area (Å²) in [6.07, 6.45) is 4.35. The largest absolute Gasteiger partial charge is 0.465 e. The maximum Gasteiger partial charge on any atom is 0.407 e. The maximum absolute atomic E-state index is 12.7. The quantitative estimate of drug-likeness (QED) is 0.672. The van der Waals surface area contributed by atoms with Gasteiger partial charge in [0.05, 0.1) is 23.5 Å².